The van der Waals surface area contributed by atoms with Crippen LogP contribution >= 0.6 is 0 Å². The van der Waals surface area contributed by atoms with Crippen LogP contribution in [0.5, 0.6) is 0 Å². The number of aryl methyl sites for hydroxylation is 1. The number of hydrogen-bond acceptors (Lipinski definition) is 6. The van der Waals surface area contributed by atoms with Gasteiger partial charge in [0.05, 0.1) is 17.6 Å². The molecule has 1 aromatic carbocycles. The minimum absolute atomic E-state index is 0.00553. The predicted octanol–water partition coefficient (Wildman–Crippen LogP) is 3.88. The molecule has 0 aliphatic carbocycles. The largest absolute Gasteiger partial charge is 0.444 e. The number of oxazole rings is 1. The third kappa shape index (κ3) is 4.67. The minimum Gasteiger partial charge on any atom is -0.444 e. The highest BCUT2D eigenvalue weighted by atomic mass is 16.3. The molecule has 9 heteroatoms. The van der Waals surface area contributed by atoms with Crippen molar-refractivity contribution in [2.45, 2.75) is 33.1 Å². The molecule has 3 heterocycles. The zero-order valence-corrected chi connectivity index (χ0v) is 18.8. The second-order valence-electron chi connectivity index (χ2n) is 8.67. The molecule has 0 fully saturated rings. The molecule has 0 aliphatic rings. The van der Waals surface area contributed by atoms with E-state index in [0.717, 1.165) is 16.9 Å². The SMILES string of the molecule is Cc1cc(-c2nc(C(=O)Nc3cn(-c4ccc(C(C)(C)C)cc4)nc3C(N)=O)co2)ccn1. The molecular weight excluding hydrogens is 420 g/mol. The van der Waals surface area contributed by atoms with Gasteiger partial charge in [0, 0.05) is 17.5 Å². The molecule has 9 nitrogen and oxygen atoms in total. The van der Waals surface area contributed by atoms with Gasteiger partial charge in [-0.15, -0.1) is 0 Å². The number of benzene rings is 1. The van der Waals surface area contributed by atoms with Crippen molar-refractivity contribution in [2.75, 3.05) is 5.32 Å². The van der Waals surface area contributed by atoms with Crippen LogP contribution in [0.2, 0.25) is 0 Å². The van der Waals surface area contributed by atoms with E-state index in [-0.39, 0.29) is 28.4 Å². The summed E-state index contributed by atoms with van der Waals surface area (Å²) in [7, 11) is 0. The summed E-state index contributed by atoms with van der Waals surface area (Å²) in [5.41, 5.74) is 9.05. The van der Waals surface area contributed by atoms with E-state index < -0.39 is 11.8 Å². The van der Waals surface area contributed by atoms with E-state index in [9.17, 15) is 9.59 Å². The van der Waals surface area contributed by atoms with Gasteiger partial charge < -0.3 is 15.5 Å². The van der Waals surface area contributed by atoms with Crippen molar-refractivity contribution in [1.82, 2.24) is 19.7 Å². The number of carbonyl (C=O) groups excluding carboxylic acids is 2. The predicted molar refractivity (Wildman–Crippen MR) is 123 cm³/mol. The van der Waals surface area contributed by atoms with Crippen LogP contribution < -0.4 is 11.1 Å². The number of nitrogens with two attached hydrogens (primary N) is 1. The van der Waals surface area contributed by atoms with Crippen molar-refractivity contribution < 1.29 is 14.0 Å². The molecule has 0 unspecified atom stereocenters. The maximum absolute atomic E-state index is 12.8. The fourth-order valence-electron chi connectivity index (χ4n) is 3.27. The first kappa shape index (κ1) is 21.9. The Morgan fingerprint density at radius 1 is 1.12 bits per heavy atom. The van der Waals surface area contributed by atoms with Gasteiger partial charge >= 0.3 is 0 Å². The maximum Gasteiger partial charge on any atom is 0.277 e. The Balaban J connectivity index is 1.59. The maximum atomic E-state index is 12.8. The lowest BCUT2D eigenvalue weighted by atomic mass is 9.87. The Labute approximate surface area is 190 Å². The van der Waals surface area contributed by atoms with E-state index in [1.807, 2.05) is 31.2 Å². The van der Waals surface area contributed by atoms with E-state index in [1.165, 1.54) is 17.1 Å². The zero-order valence-electron chi connectivity index (χ0n) is 18.8. The number of pyridine rings is 1. The monoisotopic (exact) mass is 444 g/mol. The molecule has 33 heavy (non-hydrogen) atoms. The Morgan fingerprint density at radius 2 is 1.85 bits per heavy atom. The summed E-state index contributed by atoms with van der Waals surface area (Å²) in [4.78, 5) is 33.1. The molecule has 3 N–H and O–H groups in total. The number of hydrogen-bond donors (Lipinski definition) is 2. The first-order valence-electron chi connectivity index (χ1n) is 10.3. The first-order valence-corrected chi connectivity index (χ1v) is 10.3. The first-order chi connectivity index (χ1) is 15.6. The van der Waals surface area contributed by atoms with Crippen molar-refractivity contribution in [2.24, 2.45) is 5.73 Å². The highest BCUT2D eigenvalue weighted by Gasteiger charge is 2.21. The van der Waals surface area contributed by atoms with Crippen molar-refractivity contribution in [3.05, 3.63) is 77.7 Å². The van der Waals surface area contributed by atoms with Gasteiger partial charge in [-0.1, -0.05) is 32.9 Å². The summed E-state index contributed by atoms with van der Waals surface area (Å²) in [6.45, 7) is 8.22. The molecule has 168 valence electrons. The van der Waals surface area contributed by atoms with Crippen molar-refractivity contribution in [3.63, 3.8) is 0 Å². The smallest absolute Gasteiger partial charge is 0.277 e. The molecular formula is C24H24N6O3. The summed E-state index contributed by atoms with van der Waals surface area (Å²) < 4.78 is 6.94. The highest BCUT2D eigenvalue weighted by Crippen LogP contribution is 2.25. The molecule has 0 aliphatic heterocycles. The second kappa shape index (κ2) is 8.34. The van der Waals surface area contributed by atoms with E-state index in [0.29, 0.717) is 5.56 Å². The number of carbonyl (C=O) groups is 2. The lowest BCUT2D eigenvalue weighted by Gasteiger charge is -2.19. The van der Waals surface area contributed by atoms with Crippen molar-refractivity contribution >= 4 is 17.5 Å². The van der Waals surface area contributed by atoms with Crippen molar-refractivity contribution in [3.8, 4) is 17.1 Å². The number of amides is 2. The summed E-state index contributed by atoms with van der Waals surface area (Å²) >= 11 is 0. The lowest BCUT2D eigenvalue weighted by molar-refractivity contribution is 0.0996. The molecule has 3 aromatic heterocycles. The van der Waals surface area contributed by atoms with Crippen LogP contribution in [-0.4, -0.2) is 31.6 Å². The normalized spacial score (nSPS) is 11.4. The molecule has 4 rings (SSSR count). The second-order valence-corrected chi connectivity index (χ2v) is 8.67. The van der Waals surface area contributed by atoms with Gasteiger partial charge in [-0.2, -0.15) is 5.10 Å². The topological polar surface area (TPSA) is 129 Å². The summed E-state index contributed by atoms with van der Waals surface area (Å²) in [6, 6.07) is 11.3. The third-order valence-electron chi connectivity index (χ3n) is 5.07. The standard InChI is InChI=1S/C24H24N6O3/c1-14-11-15(9-10-26-14)23-28-19(13-33-23)22(32)27-18-12-30(29-20(18)21(25)31)17-7-5-16(6-8-17)24(2,3)4/h5-13H,1-4H3,(H2,25,31)(H,27,32). The number of nitrogens with one attached hydrogen (secondary N) is 1. The van der Waals surface area contributed by atoms with E-state index in [1.54, 1.807) is 18.3 Å². The quantitative estimate of drug-likeness (QED) is 0.481. The number of aromatic nitrogens is 4. The Morgan fingerprint density at radius 3 is 2.48 bits per heavy atom. The lowest BCUT2D eigenvalue weighted by Crippen LogP contribution is -2.18. The minimum atomic E-state index is -0.761. The average molecular weight is 444 g/mol. The van der Waals surface area contributed by atoms with Crippen LogP contribution in [0.3, 0.4) is 0 Å². The highest BCUT2D eigenvalue weighted by molar-refractivity contribution is 6.07. The van der Waals surface area contributed by atoms with Gasteiger partial charge in [-0.05, 0) is 42.2 Å². The third-order valence-corrected chi connectivity index (χ3v) is 5.07. The van der Waals surface area contributed by atoms with Crippen LogP contribution in [0.15, 0.2) is 59.5 Å². The Kier molecular flexibility index (Phi) is 5.55. The van der Waals surface area contributed by atoms with Gasteiger partial charge in [-0.3, -0.25) is 14.6 Å². The van der Waals surface area contributed by atoms with Gasteiger partial charge in [0.2, 0.25) is 5.89 Å². The van der Waals surface area contributed by atoms with Gasteiger partial charge in [0.1, 0.15) is 6.26 Å². The molecule has 0 saturated heterocycles. The van der Waals surface area contributed by atoms with E-state index in [4.69, 9.17) is 10.2 Å². The molecule has 0 spiro atoms. The van der Waals surface area contributed by atoms with E-state index >= 15 is 0 Å². The Bertz CT molecular complexity index is 1330. The number of nitrogens with zero attached hydrogens (tertiary/aromatic N) is 4. The van der Waals surface area contributed by atoms with Gasteiger partial charge in [-0.25, -0.2) is 9.67 Å². The number of anilines is 1. The number of primary amides is 1. The summed E-state index contributed by atoms with van der Waals surface area (Å²) in [6.07, 6.45) is 4.42. The van der Waals surface area contributed by atoms with Gasteiger partial charge in [0.15, 0.2) is 11.4 Å². The van der Waals surface area contributed by atoms with Crippen LogP contribution in [0.25, 0.3) is 17.1 Å². The molecule has 0 atom stereocenters. The number of rotatable bonds is 5. The van der Waals surface area contributed by atoms with Crippen LogP contribution in [0, 0.1) is 6.92 Å². The Hall–Kier alpha value is -4.27. The summed E-state index contributed by atoms with van der Waals surface area (Å²) in [5.74, 6) is -1.03. The van der Waals surface area contributed by atoms with Crippen LogP contribution in [0.1, 0.15) is 53.0 Å². The molecule has 0 saturated carbocycles. The van der Waals surface area contributed by atoms with Gasteiger partial charge in [0.25, 0.3) is 11.8 Å². The molecule has 4 aromatic rings. The molecule has 2 amide bonds. The fraction of sp³-hybridized carbons (Fsp3) is 0.208. The van der Waals surface area contributed by atoms with Crippen LogP contribution in [-0.2, 0) is 5.41 Å². The van der Waals surface area contributed by atoms with E-state index in [2.05, 4.69) is 41.2 Å². The average Bonchev–Trinajstić information content (AvgIpc) is 3.41. The van der Waals surface area contributed by atoms with Crippen LogP contribution in [0.4, 0.5) is 5.69 Å². The zero-order chi connectivity index (χ0) is 23.8. The fourth-order valence-corrected chi connectivity index (χ4v) is 3.27. The molecule has 0 radical (unpaired) electrons. The van der Waals surface area contributed by atoms with Crippen molar-refractivity contribution in [1.29, 1.82) is 0 Å². The summed E-state index contributed by atoms with van der Waals surface area (Å²) in [5, 5.41) is 6.91. The molecule has 0 bridgehead atoms.